The molecule has 1 aromatic carbocycles. The first-order valence-electron chi connectivity index (χ1n) is 4.27. The lowest BCUT2D eigenvalue weighted by molar-refractivity contribution is -0.138. The number of halogens is 2. The number of carbonyl (C=O) groups is 1. The van der Waals surface area contributed by atoms with Gasteiger partial charge in [0.2, 0.25) is 0 Å². The Morgan fingerprint density at radius 3 is 2.87 bits per heavy atom. The third-order valence-electron chi connectivity index (χ3n) is 1.91. The normalized spacial score (nSPS) is 9.87. The fraction of sp³-hybridized carbons (Fsp3) is 0.300. The number of likely N-dealkylation sites (N-methyl/N-ethyl adjacent to an activating group) is 1. The van der Waals surface area contributed by atoms with Gasteiger partial charge in [0.1, 0.15) is 12.4 Å². The van der Waals surface area contributed by atoms with Crippen molar-refractivity contribution in [2.45, 2.75) is 0 Å². The molecule has 0 aliphatic rings. The number of nitrogens with zero attached hydrogens (tertiary/aromatic N) is 1. The van der Waals surface area contributed by atoms with Crippen LogP contribution in [-0.4, -0.2) is 26.7 Å². The number of methoxy groups -OCH3 is 1. The van der Waals surface area contributed by atoms with Crippen LogP contribution in [0, 0.1) is 5.82 Å². The maximum atomic E-state index is 13.4. The molecule has 0 saturated heterocycles. The number of hydrogen-bond donors (Lipinski definition) is 0. The van der Waals surface area contributed by atoms with Crippen molar-refractivity contribution in [2.75, 3.05) is 25.6 Å². The lowest BCUT2D eigenvalue weighted by Gasteiger charge is -2.18. The highest BCUT2D eigenvalue weighted by atomic mass is 79.9. The molecule has 82 valence electrons. The van der Waals surface area contributed by atoms with Gasteiger partial charge in [0.25, 0.3) is 0 Å². The van der Waals surface area contributed by atoms with Gasteiger partial charge in [-0.15, -0.1) is 0 Å². The summed E-state index contributed by atoms with van der Waals surface area (Å²) in [5.41, 5.74) is 0.356. The van der Waals surface area contributed by atoms with Gasteiger partial charge in [-0.1, -0.05) is 15.9 Å². The van der Waals surface area contributed by atoms with Crippen molar-refractivity contribution in [2.24, 2.45) is 0 Å². The summed E-state index contributed by atoms with van der Waals surface area (Å²) in [5, 5.41) is 0. The number of anilines is 1. The lowest BCUT2D eigenvalue weighted by Crippen LogP contribution is -2.27. The number of carbonyl (C=O) groups excluding carboxylic acids is 1. The van der Waals surface area contributed by atoms with Crippen molar-refractivity contribution in [3.63, 3.8) is 0 Å². The zero-order chi connectivity index (χ0) is 11.4. The summed E-state index contributed by atoms with van der Waals surface area (Å²) in [4.78, 5) is 12.5. The zero-order valence-electron chi connectivity index (χ0n) is 8.46. The molecule has 5 heteroatoms. The number of hydrogen-bond acceptors (Lipinski definition) is 3. The molecule has 0 aromatic heterocycles. The van der Waals surface area contributed by atoms with Gasteiger partial charge in [-0.05, 0) is 18.2 Å². The van der Waals surface area contributed by atoms with E-state index in [-0.39, 0.29) is 12.4 Å². The van der Waals surface area contributed by atoms with Crippen LogP contribution in [0.5, 0.6) is 0 Å². The monoisotopic (exact) mass is 275 g/mol. The Bertz CT molecular complexity index is 370. The maximum absolute atomic E-state index is 13.4. The number of rotatable bonds is 3. The number of ether oxygens (including phenoxy) is 1. The highest BCUT2D eigenvalue weighted by molar-refractivity contribution is 9.10. The quantitative estimate of drug-likeness (QED) is 0.793. The van der Waals surface area contributed by atoms with Gasteiger partial charge in [-0.3, -0.25) is 4.79 Å². The average Bonchev–Trinajstić information content (AvgIpc) is 2.21. The fourth-order valence-electron chi connectivity index (χ4n) is 1.12. The van der Waals surface area contributed by atoms with E-state index in [4.69, 9.17) is 0 Å². The molecule has 0 unspecified atom stereocenters. The van der Waals surface area contributed by atoms with Gasteiger partial charge in [-0.2, -0.15) is 0 Å². The first kappa shape index (κ1) is 12.0. The van der Waals surface area contributed by atoms with Gasteiger partial charge in [0.05, 0.1) is 12.8 Å². The van der Waals surface area contributed by atoms with Crippen LogP contribution in [0.15, 0.2) is 22.7 Å². The molecule has 0 amide bonds. The van der Waals surface area contributed by atoms with E-state index in [0.717, 1.165) is 4.47 Å². The van der Waals surface area contributed by atoms with E-state index in [2.05, 4.69) is 20.7 Å². The first-order chi connectivity index (χ1) is 7.04. The second-order valence-electron chi connectivity index (χ2n) is 3.03. The number of esters is 1. The molecule has 1 rings (SSSR count). The van der Waals surface area contributed by atoms with Crippen LogP contribution in [-0.2, 0) is 9.53 Å². The van der Waals surface area contributed by atoms with Gasteiger partial charge < -0.3 is 9.64 Å². The van der Waals surface area contributed by atoms with Gasteiger partial charge in [0.15, 0.2) is 0 Å². The third kappa shape index (κ3) is 3.20. The predicted octanol–water partition coefficient (Wildman–Crippen LogP) is 2.20. The second kappa shape index (κ2) is 5.11. The number of benzene rings is 1. The molecule has 1 aromatic rings. The lowest BCUT2D eigenvalue weighted by atomic mass is 10.3. The van der Waals surface area contributed by atoms with Gasteiger partial charge >= 0.3 is 5.97 Å². The highest BCUT2D eigenvalue weighted by Gasteiger charge is 2.11. The summed E-state index contributed by atoms with van der Waals surface area (Å²) in [6.07, 6.45) is 0. The van der Waals surface area contributed by atoms with E-state index >= 15 is 0 Å². The summed E-state index contributed by atoms with van der Waals surface area (Å²) in [5.74, 6) is -0.776. The summed E-state index contributed by atoms with van der Waals surface area (Å²) < 4.78 is 18.6. The highest BCUT2D eigenvalue weighted by Crippen LogP contribution is 2.22. The minimum atomic E-state index is -0.406. The van der Waals surface area contributed by atoms with E-state index < -0.39 is 5.97 Å². The maximum Gasteiger partial charge on any atom is 0.325 e. The molecule has 15 heavy (non-hydrogen) atoms. The molecule has 0 saturated carbocycles. The van der Waals surface area contributed by atoms with Crippen molar-refractivity contribution in [1.29, 1.82) is 0 Å². The third-order valence-corrected chi connectivity index (χ3v) is 2.41. The van der Waals surface area contributed by atoms with Crippen LogP contribution in [0.25, 0.3) is 0 Å². The van der Waals surface area contributed by atoms with Gasteiger partial charge in [-0.25, -0.2) is 4.39 Å². The molecule has 0 heterocycles. The summed E-state index contributed by atoms with van der Waals surface area (Å²) in [6.45, 7) is 0.0177. The Labute approximate surface area is 96.0 Å². The van der Waals surface area contributed by atoms with E-state index in [1.165, 1.54) is 18.1 Å². The molecule has 0 N–H and O–H groups in total. The second-order valence-corrected chi connectivity index (χ2v) is 3.94. The molecule has 3 nitrogen and oxygen atoms in total. The SMILES string of the molecule is COC(=O)CN(C)c1cc(Br)ccc1F. The summed E-state index contributed by atoms with van der Waals surface area (Å²) in [6, 6.07) is 4.55. The van der Waals surface area contributed by atoms with Crippen molar-refractivity contribution in [3.8, 4) is 0 Å². The zero-order valence-corrected chi connectivity index (χ0v) is 10.0. The first-order valence-corrected chi connectivity index (χ1v) is 5.07. The van der Waals surface area contributed by atoms with E-state index in [1.807, 2.05) is 0 Å². The molecular weight excluding hydrogens is 265 g/mol. The van der Waals surface area contributed by atoms with Crippen LogP contribution >= 0.6 is 15.9 Å². The minimum Gasteiger partial charge on any atom is -0.468 e. The molecule has 0 radical (unpaired) electrons. The van der Waals surface area contributed by atoms with Crippen LogP contribution < -0.4 is 4.90 Å². The molecular formula is C10H11BrFNO2. The van der Waals surface area contributed by atoms with Crippen molar-refractivity contribution in [3.05, 3.63) is 28.5 Å². The fourth-order valence-corrected chi connectivity index (χ4v) is 1.47. The predicted molar refractivity (Wildman–Crippen MR) is 59.4 cm³/mol. The Balaban J connectivity index is 2.85. The van der Waals surface area contributed by atoms with Crippen LogP contribution in [0.1, 0.15) is 0 Å². The van der Waals surface area contributed by atoms with E-state index in [1.54, 1.807) is 19.2 Å². The Kier molecular flexibility index (Phi) is 4.08. The smallest absolute Gasteiger partial charge is 0.325 e. The Morgan fingerprint density at radius 2 is 2.27 bits per heavy atom. The Hall–Kier alpha value is -1.10. The van der Waals surface area contributed by atoms with Crippen LogP contribution in [0.4, 0.5) is 10.1 Å². The van der Waals surface area contributed by atoms with Gasteiger partial charge in [0, 0.05) is 11.5 Å². The van der Waals surface area contributed by atoms with Crippen LogP contribution in [0.3, 0.4) is 0 Å². The minimum absolute atomic E-state index is 0.0177. The molecule has 0 fully saturated rings. The van der Waals surface area contributed by atoms with Crippen molar-refractivity contribution in [1.82, 2.24) is 0 Å². The van der Waals surface area contributed by atoms with Crippen molar-refractivity contribution >= 4 is 27.6 Å². The van der Waals surface area contributed by atoms with E-state index in [9.17, 15) is 9.18 Å². The average molecular weight is 276 g/mol. The largest absolute Gasteiger partial charge is 0.468 e. The van der Waals surface area contributed by atoms with Crippen LogP contribution in [0.2, 0.25) is 0 Å². The van der Waals surface area contributed by atoms with E-state index in [0.29, 0.717) is 5.69 Å². The molecule has 0 spiro atoms. The summed E-state index contributed by atoms with van der Waals surface area (Å²) >= 11 is 3.24. The molecule has 0 aliphatic heterocycles. The molecule has 0 bridgehead atoms. The molecule has 0 aliphatic carbocycles. The molecule has 0 atom stereocenters. The standard InChI is InChI=1S/C10H11BrFNO2/c1-13(6-10(14)15-2)9-5-7(11)3-4-8(9)12/h3-5H,6H2,1-2H3. The topological polar surface area (TPSA) is 29.5 Å². The van der Waals surface area contributed by atoms with Crippen molar-refractivity contribution < 1.29 is 13.9 Å². The summed E-state index contributed by atoms with van der Waals surface area (Å²) in [7, 11) is 2.93. The Morgan fingerprint density at radius 1 is 1.60 bits per heavy atom.